The molecule has 0 aromatic heterocycles. The molecular weight excluding hydrogens is 210 g/mol. The summed E-state index contributed by atoms with van der Waals surface area (Å²) in [6.07, 6.45) is 5.25. The zero-order valence-corrected chi connectivity index (χ0v) is 11.6. The molecule has 0 amide bonds. The lowest BCUT2D eigenvalue weighted by molar-refractivity contribution is 0.0577. The molecular formula is C14H29N3. The fourth-order valence-corrected chi connectivity index (χ4v) is 3.46. The van der Waals surface area contributed by atoms with E-state index in [1.165, 1.54) is 58.4 Å². The Kier molecular flexibility index (Phi) is 4.83. The first kappa shape index (κ1) is 13.3. The van der Waals surface area contributed by atoms with Gasteiger partial charge in [0.1, 0.15) is 0 Å². The van der Waals surface area contributed by atoms with Gasteiger partial charge in [-0.1, -0.05) is 20.3 Å². The minimum Gasteiger partial charge on any atom is -0.326 e. The van der Waals surface area contributed by atoms with Gasteiger partial charge in [-0.3, -0.25) is 4.90 Å². The topological polar surface area (TPSA) is 32.5 Å². The van der Waals surface area contributed by atoms with Gasteiger partial charge < -0.3 is 10.6 Å². The van der Waals surface area contributed by atoms with E-state index in [1.807, 2.05) is 0 Å². The molecule has 1 aliphatic heterocycles. The minimum atomic E-state index is 0.422. The molecule has 3 atom stereocenters. The van der Waals surface area contributed by atoms with Gasteiger partial charge in [0.05, 0.1) is 0 Å². The second kappa shape index (κ2) is 6.17. The van der Waals surface area contributed by atoms with Crippen LogP contribution in [0.25, 0.3) is 0 Å². The molecule has 1 heterocycles. The normalized spacial score (nSPS) is 37.2. The van der Waals surface area contributed by atoms with Crippen LogP contribution >= 0.6 is 0 Å². The summed E-state index contributed by atoms with van der Waals surface area (Å²) in [7, 11) is 0. The zero-order chi connectivity index (χ0) is 12.3. The van der Waals surface area contributed by atoms with Crippen LogP contribution in [0.1, 0.15) is 39.5 Å². The highest BCUT2D eigenvalue weighted by Gasteiger charge is 2.32. The first-order chi connectivity index (χ1) is 8.24. The number of nitrogens with two attached hydrogens (primary N) is 1. The van der Waals surface area contributed by atoms with Crippen LogP contribution in [0.15, 0.2) is 0 Å². The molecule has 0 aromatic rings. The van der Waals surface area contributed by atoms with Crippen molar-refractivity contribution in [3.63, 3.8) is 0 Å². The summed E-state index contributed by atoms with van der Waals surface area (Å²) >= 11 is 0. The Bertz CT molecular complexity index is 224. The maximum absolute atomic E-state index is 6.34. The SMILES string of the molecule is CCC1CCC(N)C(N2CCN(CC)CC2)C1. The molecule has 17 heavy (non-hydrogen) atoms. The average molecular weight is 239 g/mol. The van der Waals surface area contributed by atoms with Gasteiger partial charge in [0, 0.05) is 38.3 Å². The smallest absolute Gasteiger partial charge is 0.0250 e. The molecule has 0 bridgehead atoms. The van der Waals surface area contributed by atoms with Crippen LogP contribution in [-0.2, 0) is 0 Å². The Morgan fingerprint density at radius 1 is 1.06 bits per heavy atom. The van der Waals surface area contributed by atoms with Gasteiger partial charge in [-0.15, -0.1) is 0 Å². The van der Waals surface area contributed by atoms with Crippen molar-refractivity contribution in [2.24, 2.45) is 11.7 Å². The van der Waals surface area contributed by atoms with Crippen LogP contribution in [0, 0.1) is 5.92 Å². The van der Waals surface area contributed by atoms with E-state index < -0.39 is 0 Å². The van der Waals surface area contributed by atoms with Crippen LogP contribution in [0.5, 0.6) is 0 Å². The van der Waals surface area contributed by atoms with Crippen molar-refractivity contribution in [2.75, 3.05) is 32.7 Å². The van der Waals surface area contributed by atoms with Crippen molar-refractivity contribution in [1.82, 2.24) is 9.80 Å². The molecule has 3 heteroatoms. The lowest BCUT2D eigenvalue weighted by Crippen LogP contribution is -2.57. The van der Waals surface area contributed by atoms with Gasteiger partial charge >= 0.3 is 0 Å². The molecule has 2 rings (SSSR count). The van der Waals surface area contributed by atoms with Gasteiger partial charge in [-0.2, -0.15) is 0 Å². The number of nitrogens with zero attached hydrogens (tertiary/aromatic N) is 2. The van der Waals surface area contributed by atoms with E-state index in [-0.39, 0.29) is 0 Å². The highest BCUT2D eigenvalue weighted by Crippen LogP contribution is 2.29. The summed E-state index contributed by atoms with van der Waals surface area (Å²) in [6.45, 7) is 10.7. The van der Waals surface area contributed by atoms with E-state index in [4.69, 9.17) is 5.73 Å². The molecule has 1 aliphatic carbocycles. The van der Waals surface area contributed by atoms with Crippen molar-refractivity contribution >= 4 is 0 Å². The van der Waals surface area contributed by atoms with Crippen LogP contribution in [0.3, 0.4) is 0 Å². The Hall–Kier alpha value is -0.120. The molecule has 2 fully saturated rings. The minimum absolute atomic E-state index is 0.422. The van der Waals surface area contributed by atoms with E-state index in [0.29, 0.717) is 12.1 Å². The highest BCUT2D eigenvalue weighted by atomic mass is 15.3. The molecule has 0 spiro atoms. The van der Waals surface area contributed by atoms with Gasteiger partial charge in [0.15, 0.2) is 0 Å². The van der Waals surface area contributed by atoms with Crippen molar-refractivity contribution < 1.29 is 0 Å². The van der Waals surface area contributed by atoms with E-state index in [2.05, 4.69) is 23.6 Å². The van der Waals surface area contributed by atoms with E-state index in [1.54, 1.807) is 0 Å². The molecule has 1 saturated heterocycles. The summed E-state index contributed by atoms with van der Waals surface area (Å²) in [4.78, 5) is 5.21. The molecule has 2 aliphatic rings. The first-order valence-corrected chi connectivity index (χ1v) is 7.46. The standard InChI is InChI=1S/C14H29N3/c1-3-12-5-6-13(15)14(11-12)17-9-7-16(4-2)8-10-17/h12-14H,3-11,15H2,1-2H3. The van der Waals surface area contributed by atoms with E-state index >= 15 is 0 Å². The molecule has 3 nitrogen and oxygen atoms in total. The summed E-state index contributed by atoms with van der Waals surface area (Å²) in [5, 5.41) is 0. The van der Waals surface area contributed by atoms with Crippen LogP contribution in [-0.4, -0.2) is 54.6 Å². The molecule has 3 unspecified atom stereocenters. The number of rotatable bonds is 3. The molecule has 2 N–H and O–H groups in total. The third-order valence-corrected chi connectivity index (χ3v) is 4.88. The van der Waals surface area contributed by atoms with Gasteiger partial charge in [-0.25, -0.2) is 0 Å². The number of hydrogen-bond acceptors (Lipinski definition) is 3. The maximum atomic E-state index is 6.34. The van der Waals surface area contributed by atoms with Crippen molar-refractivity contribution in [3.05, 3.63) is 0 Å². The Labute approximate surface area is 106 Å². The zero-order valence-electron chi connectivity index (χ0n) is 11.6. The summed E-state index contributed by atoms with van der Waals surface area (Å²) in [5.74, 6) is 0.920. The monoisotopic (exact) mass is 239 g/mol. The van der Waals surface area contributed by atoms with Crippen LogP contribution < -0.4 is 5.73 Å². The Balaban J connectivity index is 1.87. The van der Waals surface area contributed by atoms with Crippen LogP contribution in [0.2, 0.25) is 0 Å². The lowest BCUT2D eigenvalue weighted by Gasteiger charge is -2.44. The Morgan fingerprint density at radius 3 is 2.35 bits per heavy atom. The summed E-state index contributed by atoms with van der Waals surface area (Å²) in [5.41, 5.74) is 6.34. The lowest BCUT2D eigenvalue weighted by atomic mass is 9.80. The van der Waals surface area contributed by atoms with Crippen molar-refractivity contribution in [3.8, 4) is 0 Å². The fraction of sp³-hybridized carbons (Fsp3) is 1.00. The van der Waals surface area contributed by atoms with Gasteiger partial charge in [0.2, 0.25) is 0 Å². The molecule has 1 saturated carbocycles. The van der Waals surface area contributed by atoms with Gasteiger partial charge in [-0.05, 0) is 31.7 Å². The second-order valence-electron chi connectivity index (χ2n) is 5.79. The molecule has 100 valence electrons. The van der Waals surface area contributed by atoms with Crippen LogP contribution in [0.4, 0.5) is 0 Å². The van der Waals surface area contributed by atoms with Gasteiger partial charge in [0.25, 0.3) is 0 Å². The predicted molar refractivity (Wildman–Crippen MR) is 73.1 cm³/mol. The summed E-state index contributed by atoms with van der Waals surface area (Å²) < 4.78 is 0. The first-order valence-electron chi connectivity index (χ1n) is 7.46. The quantitative estimate of drug-likeness (QED) is 0.811. The predicted octanol–water partition coefficient (Wildman–Crippen LogP) is 1.53. The third-order valence-electron chi connectivity index (χ3n) is 4.88. The fourth-order valence-electron chi connectivity index (χ4n) is 3.46. The summed E-state index contributed by atoms with van der Waals surface area (Å²) in [6, 6.07) is 1.08. The highest BCUT2D eigenvalue weighted by molar-refractivity contribution is 4.90. The molecule has 0 aromatic carbocycles. The molecule has 0 radical (unpaired) electrons. The van der Waals surface area contributed by atoms with Crippen molar-refractivity contribution in [2.45, 2.75) is 51.6 Å². The third kappa shape index (κ3) is 3.21. The van der Waals surface area contributed by atoms with E-state index in [9.17, 15) is 0 Å². The number of piperazine rings is 1. The number of likely N-dealkylation sites (N-methyl/N-ethyl adjacent to an activating group) is 1. The maximum Gasteiger partial charge on any atom is 0.0250 e. The number of hydrogen-bond donors (Lipinski definition) is 1. The average Bonchev–Trinajstić information content (AvgIpc) is 2.39. The Morgan fingerprint density at radius 2 is 1.76 bits per heavy atom. The van der Waals surface area contributed by atoms with E-state index in [0.717, 1.165) is 5.92 Å². The largest absolute Gasteiger partial charge is 0.326 e. The van der Waals surface area contributed by atoms with Crippen molar-refractivity contribution in [1.29, 1.82) is 0 Å². The second-order valence-corrected chi connectivity index (χ2v) is 5.79.